The maximum atomic E-state index is 14.5. The van der Waals surface area contributed by atoms with Crippen LogP contribution in [0, 0.1) is 23.1 Å². The molecule has 0 fully saturated rings. The standard InChI is InChI=1S/C20H18FN3OS2/c1-11-7-8-13-16(9-11)27-18-17(13)19(25)24(15-6-4-3-5-14(15)21)20(23-18)26-12(2)10-22/h3-6,11-12H,7-9H2,1-2H3/t11-,12+/m1/s1. The van der Waals surface area contributed by atoms with Crippen molar-refractivity contribution in [1.29, 1.82) is 5.26 Å². The summed E-state index contributed by atoms with van der Waals surface area (Å²) in [5, 5.41) is 9.77. The van der Waals surface area contributed by atoms with Gasteiger partial charge in [-0.2, -0.15) is 5.26 Å². The predicted octanol–water partition coefficient (Wildman–Crippen LogP) is 4.72. The van der Waals surface area contributed by atoms with Crippen LogP contribution in [0.3, 0.4) is 0 Å². The maximum absolute atomic E-state index is 14.5. The van der Waals surface area contributed by atoms with E-state index in [1.54, 1.807) is 36.5 Å². The minimum atomic E-state index is -0.482. The number of nitrogens with zero attached hydrogens (tertiary/aromatic N) is 3. The third-order valence-corrected chi connectivity index (χ3v) is 6.95. The van der Waals surface area contributed by atoms with E-state index in [9.17, 15) is 14.4 Å². The van der Waals surface area contributed by atoms with E-state index >= 15 is 0 Å². The predicted molar refractivity (Wildman–Crippen MR) is 107 cm³/mol. The minimum Gasteiger partial charge on any atom is -0.268 e. The number of thioether (sulfide) groups is 1. The zero-order valence-electron chi connectivity index (χ0n) is 15.0. The lowest BCUT2D eigenvalue weighted by Gasteiger charge is -2.18. The number of benzene rings is 1. The van der Waals surface area contributed by atoms with Gasteiger partial charge in [0.15, 0.2) is 5.16 Å². The molecule has 0 amide bonds. The topological polar surface area (TPSA) is 58.7 Å². The van der Waals surface area contributed by atoms with Crippen LogP contribution in [-0.2, 0) is 12.8 Å². The van der Waals surface area contributed by atoms with Crippen molar-refractivity contribution in [1.82, 2.24) is 9.55 Å². The summed E-state index contributed by atoms with van der Waals surface area (Å²) < 4.78 is 15.8. The van der Waals surface area contributed by atoms with Gasteiger partial charge in [-0.3, -0.25) is 9.36 Å². The Balaban J connectivity index is 2.03. The molecule has 1 aliphatic carbocycles. The van der Waals surface area contributed by atoms with Gasteiger partial charge in [-0.15, -0.1) is 11.3 Å². The minimum absolute atomic E-state index is 0.175. The fourth-order valence-electron chi connectivity index (χ4n) is 3.48. The lowest BCUT2D eigenvalue weighted by molar-refractivity contribution is 0.509. The first-order valence-electron chi connectivity index (χ1n) is 8.88. The highest BCUT2D eigenvalue weighted by atomic mass is 32.2. The van der Waals surface area contributed by atoms with E-state index in [1.165, 1.54) is 27.3 Å². The molecule has 7 heteroatoms. The molecule has 27 heavy (non-hydrogen) atoms. The molecule has 4 rings (SSSR count). The van der Waals surface area contributed by atoms with E-state index in [4.69, 9.17) is 4.98 Å². The third-order valence-electron chi connectivity index (χ3n) is 4.86. The Hall–Kier alpha value is -2.17. The van der Waals surface area contributed by atoms with Crippen LogP contribution in [0.5, 0.6) is 0 Å². The highest BCUT2D eigenvalue weighted by Crippen LogP contribution is 2.37. The fourth-order valence-corrected chi connectivity index (χ4v) is 5.71. The van der Waals surface area contributed by atoms with Gasteiger partial charge in [0.1, 0.15) is 10.6 Å². The van der Waals surface area contributed by atoms with Crippen LogP contribution in [-0.4, -0.2) is 14.8 Å². The third kappa shape index (κ3) is 3.17. The zero-order valence-corrected chi connectivity index (χ0v) is 16.7. The molecular formula is C20H18FN3OS2. The quantitative estimate of drug-likeness (QED) is 0.472. The van der Waals surface area contributed by atoms with Gasteiger partial charge in [-0.1, -0.05) is 30.8 Å². The van der Waals surface area contributed by atoms with Crippen LogP contribution >= 0.6 is 23.1 Å². The molecule has 0 saturated heterocycles. The molecule has 2 aromatic heterocycles. The molecule has 1 aliphatic rings. The Morgan fingerprint density at radius 1 is 1.44 bits per heavy atom. The van der Waals surface area contributed by atoms with E-state index in [2.05, 4.69) is 13.0 Å². The lowest BCUT2D eigenvalue weighted by Crippen LogP contribution is -2.24. The van der Waals surface area contributed by atoms with Crippen LogP contribution in [0.15, 0.2) is 34.2 Å². The van der Waals surface area contributed by atoms with Gasteiger partial charge in [0.05, 0.1) is 22.4 Å². The summed E-state index contributed by atoms with van der Waals surface area (Å²) >= 11 is 2.74. The molecule has 0 spiro atoms. The number of aryl methyl sites for hydroxylation is 1. The normalized spacial score (nSPS) is 17.5. The molecule has 0 aliphatic heterocycles. The monoisotopic (exact) mass is 399 g/mol. The molecule has 0 unspecified atom stereocenters. The van der Waals surface area contributed by atoms with Gasteiger partial charge in [0.2, 0.25) is 0 Å². The molecule has 0 saturated carbocycles. The first kappa shape index (κ1) is 18.2. The number of aromatic nitrogens is 2. The molecule has 138 valence electrons. The van der Waals surface area contributed by atoms with E-state index < -0.39 is 11.1 Å². The Morgan fingerprint density at radius 3 is 2.96 bits per heavy atom. The first-order chi connectivity index (χ1) is 13.0. The molecule has 0 N–H and O–H groups in total. The summed E-state index contributed by atoms with van der Waals surface area (Å²) in [5.74, 6) is 0.108. The summed E-state index contributed by atoms with van der Waals surface area (Å²) in [6.45, 7) is 3.96. The van der Waals surface area contributed by atoms with E-state index in [0.717, 1.165) is 24.8 Å². The van der Waals surface area contributed by atoms with Crippen molar-refractivity contribution >= 4 is 33.3 Å². The summed E-state index contributed by atoms with van der Waals surface area (Å²) in [7, 11) is 0. The summed E-state index contributed by atoms with van der Waals surface area (Å²) in [6.07, 6.45) is 2.85. The highest BCUT2D eigenvalue weighted by Gasteiger charge is 2.26. The van der Waals surface area contributed by atoms with Gasteiger partial charge in [-0.05, 0) is 49.8 Å². The van der Waals surface area contributed by atoms with Crippen molar-refractivity contribution in [2.45, 2.75) is 43.5 Å². The maximum Gasteiger partial charge on any atom is 0.267 e. The van der Waals surface area contributed by atoms with Crippen LogP contribution in [0.4, 0.5) is 4.39 Å². The first-order valence-corrected chi connectivity index (χ1v) is 10.6. The summed E-state index contributed by atoms with van der Waals surface area (Å²) in [6, 6.07) is 8.34. The van der Waals surface area contributed by atoms with Gasteiger partial charge in [0.25, 0.3) is 5.56 Å². The van der Waals surface area contributed by atoms with E-state index in [-0.39, 0.29) is 11.2 Å². The van der Waals surface area contributed by atoms with E-state index in [0.29, 0.717) is 21.3 Å². The second-order valence-electron chi connectivity index (χ2n) is 6.91. The van der Waals surface area contributed by atoms with Crippen LogP contribution in [0.1, 0.15) is 30.7 Å². The van der Waals surface area contributed by atoms with Crippen LogP contribution < -0.4 is 5.56 Å². The average Bonchev–Trinajstić information content (AvgIpc) is 3.00. The van der Waals surface area contributed by atoms with Crippen molar-refractivity contribution < 1.29 is 4.39 Å². The van der Waals surface area contributed by atoms with Crippen molar-refractivity contribution in [2.24, 2.45) is 5.92 Å². The van der Waals surface area contributed by atoms with Crippen molar-refractivity contribution in [2.75, 3.05) is 0 Å². The Morgan fingerprint density at radius 2 is 2.22 bits per heavy atom. The van der Waals surface area contributed by atoms with Gasteiger partial charge >= 0.3 is 0 Å². The fraction of sp³-hybridized carbons (Fsp3) is 0.350. The second kappa shape index (κ2) is 7.10. The van der Waals surface area contributed by atoms with Crippen molar-refractivity contribution in [3.63, 3.8) is 0 Å². The SMILES string of the molecule is C[C@@H]1CCc2c(sc3nc(S[C@@H](C)C#N)n(-c4ccccc4F)c(=O)c23)C1. The summed E-state index contributed by atoms with van der Waals surface area (Å²) in [5.41, 5.74) is 0.999. The molecule has 0 radical (unpaired) electrons. The summed E-state index contributed by atoms with van der Waals surface area (Å²) in [4.78, 5) is 20.1. The number of para-hydroxylation sites is 1. The molecule has 1 aromatic carbocycles. The van der Waals surface area contributed by atoms with Gasteiger partial charge in [-0.25, -0.2) is 9.37 Å². The molecule has 2 atom stereocenters. The Bertz CT molecular complexity index is 1130. The Kier molecular flexibility index (Phi) is 4.79. The number of hydrogen-bond donors (Lipinski definition) is 0. The van der Waals surface area contributed by atoms with Gasteiger partial charge < -0.3 is 0 Å². The number of rotatable bonds is 3. The van der Waals surface area contributed by atoms with Crippen molar-refractivity contribution in [3.8, 4) is 11.8 Å². The largest absolute Gasteiger partial charge is 0.268 e. The Labute approximate surface area is 164 Å². The zero-order chi connectivity index (χ0) is 19.1. The molecular weight excluding hydrogens is 381 g/mol. The number of thiophene rings is 1. The molecule has 0 bridgehead atoms. The van der Waals surface area contributed by atoms with Crippen molar-refractivity contribution in [3.05, 3.63) is 50.9 Å². The molecule has 2 heterocycles. The highest BCUT2D eigenvalue weighted by molar-refractivity contribution is 8.00. The number of hydrogen-bond acceptors (Lipinski definition) is 5. The van der Waals surface area contributed by atoms with Crippen LogP contribution in [0.25, 0.3) is 15.9 Å². The smallest absolute Gasteiger partial charge is 0.267 e. The van der Waals surface area contributed by atoms with E-state index in [1.807, 2.05) is 0 Å². The van der Waals surface area contributed by atoms with Crippen LogP contribution in [0.2, 0.25) is 0 Å². The molecule has 3 aromatic rings. The number of nitriles is 1. The number of fused-ring (bicyclic) bond motifs is 3. The average molecular weight is 400 g/mol. The van der Waals surface area contributed by atoms with Gasteiger partial charge in [0, 0.05) is 4.88 Å². The number of halogens is 1. The lowest BCUT2D eigenvalue weighted by atomic mass is 9.89. The molecule has 4 nitrogen and oxygen atoms in total. The second-order valence-corrected chi connectivity index (χ2v) is 9.30.